The van der Waals surface area contributed by atoms with Gasteiger partial charge >= 0.3 is 0 Å². The van der Waals surface area contributed by atoms with Crippen LogP contribution in [-0.4, -0.2) is 23.9 Å². The molecular formula is C11H18Cl2N2OS. The van der Waals surface area contributed by atoms with Crippen molar-refractivity contribution < 1.29 is 4.79 Å². The Labute approximate surface area is 117 Å². The van der Waals surface area contributed by atoms with Crippen LogP contribution < -0.4 is 5.73 Å². The van der Waals surface area contributed by atoms with Gasteiger partial charge in [0.1, 0.15) is 0 Å². The van der Waals surface area contributed by atoms with Crippen molar-refractivity contribution in [2.45, 2.75) is 26.3 Å². The average Bonchev–Trinajstić information content (AvgIpc) is 2.68. The summed E-state index contributed by atoms with van der Waals surface area (Å²) in [5.74, 6) is 0.164. The summed E-state index contributed by atoms with van der Waals surface area (Å²) < 4.78 is 0.764. The van der Waals surface area contributed by atoms with Crippen molar-refractivity contribution in [1.29, 1.82) is 0 Å². The first-order valence-corrected chi connectivity index (χ1v) is 6.59. The first-order valence-electron chi connectivity index (χ1n) is 5.39. The molecule has 0 aliphatic carbocycles. The number of carbonyl (C=O) groups is 1. The molecule has 2 N–H and O–H groups in total. The summed E-state index contributed by atoms with van der Waals surface area (Å²) in [6, 6.07) is 3.83. The highest BCUT2D eigenvalue weighted by molar-refractivity contribution is 7.16. The number of hydrogen-bond acceptors (Lipinski definition) is 3. The first kappa shape index (κ1) is 16.7. The summed E-state index contributed by atoms with van der Waals surface area (Å²) in [4.78, 5) is 14.7. The quantitative estimate of drug-likeness (QED) is 0.877. The summed E-state index contributed by atoms with van der Waals surface area (Å²) in [7, 11) is 0. The smallest absolute Gasteiger partial charge is 0.222 e. The standard InChI is InChI=1S/C11H17ClN2OS.ClH/c1-2-14(11(15)4-3-7-13)8-9-5-6-10(12)16-9;/h5-6H,2-4,7-8,13H2,1H3;1H. The lowest BCUT2D eigenvalue weighted by Crippen LogP contribution is -2.30. The molecule has 0 bridgehead atoms. The van der Waals surface area contributed by atoms with E-state index in [4.69, 9.17) is 17.3 Å². The third-order valence-electron chi connectivity index (χ3n) is 2.30. The Morgan fingerprint density at radius 1 is 1.53 bits per heavy atom. The number of nitrogens with two attached hydrogens (primary N) is 1. The lowest BCUT2D eigenvalue weighted by atomic mass is 10.2. The van der Waals surface area contributed by atoms with E-state index in [1.54, 1.807) is 0 Å². The number of amides is 1. The molecule has 0 fully saturated rings. The van der Waals surface area contributed by atoms with Crippen molar-refractivity contribution in [2.75, 3.05) is 13.1 Å². The van der Waals surface area contributed by atoms with Gasteiger partial charge in [0.15, 0.2) is 0 Å². The zero-order valence-electron chi connectivity index (χ0n) is 9.82. The number of rotatable bonds is 6. The first-order chi connectivity index (χ1) is 7.67. The Hall–Kier alpha value is -0.290. The number of hydrogen-bond donors (Lipinski definition) is 1. The Kier molecular flexibility index (Phi) is 8.60. The van der Waals surface area contributed by atoms with Gasteiger partial charge in [-0.1, -0.05) is 11.6 Å². The molecule has 0 saturated heterocycles. The van der Waals surface area contributed by atoms with E-state index >= 15 is 0 Å². The van der Waals surface area contributed by atoms with Crippen molar-refractivity contribution in [2.24, 2.45) is 5.73 Å². The Morgan fingerprint density at radius 3 is 2.71 bits per heavy atom. The van der Waals surface area contributed by atoms with Crippen LogP contribution >= 0.6 is 35.3 Å². The maximum atomic E-state index is 11.8. The topological polar surface area (TPSA) is 46.3 Å². The van der Waals surface area contributed by atoms with Gasteiger partial charge in [-0.15, -0.1) is 23.7 Å². The van der Waals surface area contributed by atoms with Crippen LogP contribution in [0, 0.1) is 0 Å². The highest BCUT2D eigenvalue weighted by Crippen LogP contribution is 2.22. The fourth-order valence-electron chi connectivity index (χ4n) is 1.41. The maximum absolute atomic E-state index is 11.8. The molecule has 0 aromatic carbocycles. The highest BCUT2D eigenvalue weighted by Gasteiger charge is 2.12. The molecule has 0 saturated carbocycles. The third-order valence-corrected chi connectivity index (χ3v) is 3.52. The minimum Gasteiger partial charge on any atom is -0.338 e. The van der Waals surface area contributed by atoms with E-state index in [9.17, 15) is 4.79 Å². The zero-order valence-corrected chi connectivity index (χ0v) is 12.2. The van der Waals surface area contributed by atoms with E-state index in [0.717, 1.165) is 22.2 Å². The van der Waals surface area contributed by atoms with Crippen molar-refractivity contribution >= 4 is 41.3 Å². The molecule has 1 aromatic heterocycles. The Balaban J connectivity index is 0.00000256. The molecule has 0 aliphatic rings. The second-order valence-electron chi connectivity index (χ2n) is 3.51. The van der Waals surface area contributed by atoms with Gasteiger partial charge in [-0.2, -0.15) is 0 Å². The third kappa shape index (κ3) is 5.73. The Morgan fingerprint density at radius 2 is 2.24 bits per heavy atom. The van der Waals surface area contributed by atoms with Crippen LogP contribution in [0.2, 0.25) is 4.34 Å². The second-order valence-corrected chi connectivity index (χ2v) is 5.31. The number of nitrogens with zero attached hydrogens (tertiary/aromatic N) is 1. The molecule has 6 heteroatoms. The SMILES string of the molecule is CCN(Cc1ccc(Cl)s1)C(=O)CCCN.Cl. The molecule has 1 amide bonds. The molecule has 0 unspecified atom stereocenters. The van der Waals surface area contributed by atoms with Gasteiger partial charge in [0.2, 0.25) is 5.91 Å². The largest absolute Gasteiger partial charge is 0.338 e. The van der Waals surface area contributed by atoms with E-state index in [-0.39, 0.29) is 18.3 Å². The molecule has 98 valence electrons. The number of carbonyl (C=O) groups excluding carboxylic acids is 1. The molecule has 0 atom stereocenters. The molecule has 1 rings (SSSR count). The van der Waals surface area contributed by atoms with Crippen molar-refractivity contribution in [1.82, 2.24) is 4.90 Å². The molecule has 1 aromatic rings. The van der Waals surface area contributed by atoms with Crippen LogP contribution in [0.1, 0.15) is 24.6 Å². The van der Waals surface area contributed by atoms with Gasteiger partial charge < -0.3 is 10.6 Å². The monoisotopic (exact) mass is 296 g/mol. The van der Waals surface area contributed by atoms with Gasteiger partial charge in [-0.25, -0.2) is 0 Å². The van der Waals surface area contributed by atoms with Gasteiger partial charge in [0.25, 0.3) is 0 Å². The van der Waals surface area contributed by atoms with E-state index in [1.165, 1.54) is 11.3 Å². The van der Waals surface area contributed by atoms with Crippen LogP contribution in [0.4, 0.5) is 0 Å². The molecule has 1 heterocycles. The predicted octanol–water partition coefficient (Wildman–Crippen LogP) is 2.91. The van der Waals surface area contributed by atoms with Gasteiger partial charge in [-0.05, 0) is 32.0 Å². The van der Waals surface area contributed by atoms with Gasteiger partial charge in [0.05, 0.1) is 10.9 Å². The summed E-state index contributed by atoms with van der Waals surface area (Å²) in [5, 5.41) is 0. The lowest BCUT2D eigenvalue weighted by molar-refractivity contribution is -0.131. The number of thiophene rings is 1. The fourth-order valence-corrected chi connectivity index (χ4v) is 2.52. The maximum Gasteiger partial charge on any atom is 0.222 e. The van der Waals surface area contributed by atoms with Crippen LogP contribution in [0.5, 0.6) is 0 Å². The van der Waals surface area contributed by atoms with E-state index in [0.29, 0.717) is 19.5 Å². The van der Waals surface area contributed by atoms with Gasteiger partial charge in [-0.3, -0.25) is 4.79 Å². The fraction of sp³-hybridized carbons (Fsp3) is 0.545. The summed E-state index contributed by atoms with van der Waals surface area (Å²) in [6.07, 6.45) is 1.28. The van der Waals surface area contributed by atoms with Crippen LogP contribution in [-0.2, 0) is 11.3 Å². The zero-order chi connectivity index (χ0) is 12.0. The number of halogens is 2. The molecule has 0 aliphatic heterocycles. The van der Waals surface area contributed by atoms with Gasteiger partial charge in [0, 0.05) is 17.8 Å². The Bertz CT molecular complexity index is 344. The molecule has 0 radical (unpaired) electrons. The lowest BCUT2D eigenvalue weighted by Gasteiger charge is -2.19. The van der Waals surface area contributed by atoms with E-state index < -0.39 is 0 Å². The minimum atomic E-state index is 0. The van der Waals surface area contributed by atoms with E-state index in [1.807, 2.05) is 24.0 Å². The van der Waals surface area contributed by atoms with Crippen LogP contribution in [0.3, 0.4) is 0 Å². The average molecular weight is 297 g/mol. The summed E-state index contributed by atoms with van der Waals surface area (Å²) >= 11 is 7.37. The van der Waals surface area contributed by atoms with E-state index in [2.05, 4.69) is 0 Å². The van der Waals surface area contributed by atoms with Crippen molar-refractivity contribution in [3.05, 3.63) is 21.3 Å². The minimum absolute atomic E-state index is 0. The van der Waals surface area contributed by atoms with Crippen LogP contribution in [0.15, 0.2) is 12.1 Å². The molecule has 3 nitrogen and oxygen atoms in total. The highest BCUT2D eigenvalue weighted by atomic mass is 35.5. The van der Waals surface area contributed by atoms with Crippen LogP contribution in [0.25, 0.3) is 0 Å². The second kappa shape index (κ2) is 8.75. The molecule has 17 heavy (non-hydrogen) atoms. The van der Waals surface area contributed by atoms with Crippen molar-refractivity contribution in [3.8, 4) is 0 Å². The summed E-state index contributed by atoms with van der Waals surface area (Å²) in [5.41, 5.74) is 5.39. The normalized spacial score (nSPS) is 9.82. The summed E-state index contributed by atoms with van der Waals surface area (Å²) in [6.45, 7) is 3.92. The molecule has 0 spiro atoms. The predicted molar refractivity (Wildman–Crippen MR) is 76.0 cm³/mol. The van der Waals surface area contributed by atoms with Crippen molar-refractivity contribution in [3.63, 3.8) is 0 Å². The molecular weight excluding hydrogens is 279 g/mol.